The second-order valence-corrected chi connectivity index (χ2v) is 6.40. The van der Waals surface area contributed by atoms with Gasteiger partial charge in [-0.05, 0) is 30.4 Å². The van der Waals surface area contributed by atoms with Crippen molar-refractivity contribution in [3.63, 3.8) is 0 Å². The van der Waals surface area contributed by atoms with Crippen LogP contribution in [0.5, 0.6) is 0 Å². The lowest BCUT2D eigenvalue weighted by atomic mass is 9.78. The van der Waals surface area contributed by atoms with Crippen molar-refractivity contribution < 1.29 is 18.7 Å². The van der Waals surface area contributed by atoms with Gasteiger partial charge in [0.15, 0.2) is 6.61 Å². The number of carbonyl (C=O) groups is 2. The third kappa shape index (κ3) is 5.18. The van der Waals surface area contributed by atoms with E-state index in [1.54, 1.807) is 18.2 Å². The summed E-state index contributed by atoms with van der Waals surface area (Å²) in [4.78, 5) is 23.6. The highest BCUT2D eigenvalue weighted by Gasteiger charge is 2.28. The predicted molar refractivity (Wildman–Crippen MR) is 90.5 cm³/mol. The summed E-state index contributed by atoms with van der Waals surface area (Å²) < 4.78 is 18.3. The summed E-state index contributed by atoms with van der Waals surface area (Å²) in [5.41, 5.74) is 0.295. The fraction of sp³-hybridized carbons (Fsp3) is 0.474. The number of hydrogen-bond acceptors (Lipinski definition) is 3. The van der Waals surface area contributed by atoms with Crippen molar-refractivity contribution >= 4 is 18.0 Å². The summed E-state index contributed by atoms with van der Waals surface area (Å²) in [7, 11) is 0. The molecule has 0 spiro atoms. The molecule has 1 N–H and O–H groups in total. The summed E-state index contributed by atoms with van der Waals surface area (Å²) in [6.07, 6.45) is 5.70. The van der Waals surface area contributed by atoms with Crippen LogP contribution in [0, 0.1) is 17.7 Å². The van der Waals surface area contributed by atoms with Gasteiger partial charge >= 0.3 is 5.97 Å². The van der Waals surface area contributed by atoms with Gasteiger partial charge in [-0.15, -0.1) is 0 Å². The van der Waals surface area contributed by atoms with Crippen LogP contribution in [0.3, 0.4) is 0 Å². The average Bonchev–Trinajstić information content (AvgIpc) is 2.56. The zero-order valence-electron chi connectivity index (χ0n) is 14.1. The van der Waals surface area contributed by atoms with Crippen LogP contribution in [0.1, 0.15) is 38.7 Å². The number of carbonyl (C=O) groups excluding carboxylic acids is 2. The number of ether oxygens (including phenoxy) is 1. The van der Waals surface area contributed by atoms with E-state index in [1.807, 2.05) is 0 Å². The molecule has 1 fully saturated rings. The number of halogens is 1. The van der Waals surface area contributed by atoms with E-state index in [1.165, 1.54) is 18.6 Å². The van der Waals surface area contributed by atoms with E-state index in [0.29, 0.717) is 17.4 Å². The molecule has 1 aliphatic carbocycles. The first-order chi connectivity index (χ1) is 11.5. The van der Waals surface area contributed by atoms with Crippen molar-refractivity contribution in [1.82, 2.24) is 5.32 Å². The monoisotopic (exact) mass is 333 g/mol. The Balaban J connectivity index is 1.77. The van der Waals surface area contributed by atoms with Crippen molar-refractivity contribution in [3.05, 3.63) is 41.7 Å². The molecule has 3 atom stereocenters. The Morgan fingerprint density at radius 2 is 2.04 bits per heavy atom. The van der Waals surface area contributed by atoms with Gasteiger partial charge in [-0.25, -0.2) is 9.18 Å². The minimum absolute atomic E-state index is 0.133. The Morgan fingerprint density at radius 1 is 1.29 bits per heavy atom. The lowest BCUT2D eigenvalue weighted by molar-refractivity contribution is -0.144. The van der Waals surface area contributed by atoms with Gasteiger partial charge in [-0.2, -0.15) is 0 Å². The Hall–Kier alpha value is -2.17. The number of rotatable bonds is 5. The Kier molecular flexibility index (Phi) is 6.53. The normalized spacial score (nSPS) is 23.9. The number of amides is 1. The molecular formula is C19H24FNO3. The zero-order valence-corrected chi connectivity index (χ0v) is 14.1. The fourth-order valence-corrected chi connectivity index (χ4v) is 2.99. The fourth-order valence-electron chi connectivity index (χ4n) is 2.99. The van der Waals surface area contributed by atoms with Gasteiger partial charge in [-0.1, -0.05) is 44.9 Å². The molecule has 1 aromatic carbocycles. The highest BCUT2D eigenvalue weighted by Crippen LogP contribution is 2.29. The molecule has 1 aromatic rings. The van der Waals surface area contributed by atoms with Gasteiger partial charge in [0, 0.05) is 17.7 Å². The maximum absolute atomic E-state index is 13.4. The third-order valence-electron chi connectivity index (χ3n) is 4.70. The van der Waals surface area contributed by atoms with Crippen LogP contribution in [0.15, 0.2) is 30.3 Å². The van der Waals surface area contributed by atoms with Crippen molar-refractivity contribution in [2.45, 2.75) is 39.2 Å². The van der Waals surface area contributed by atoms with E-state index in [-0.39, 0.29) is 18.6 Å². The predicted octanol–water partition coefficient (Wildman–Crippen LogP) is 3.32. The molecule has 0 unspecified atom stereocenters. The van der Waals surface area contributed by atoms with Crippen LogP contribution >= 0.6 is 0 Å². The Morgan fingerprint density at radius 3 is 2.79 bits per heavy atom. The summed E-state index contributed by atoms with van der Waals surface area (Å²) in [5, 5.41) is 2.94. The Bertz CT molecular complexity index is 614. The molecule has 0 heterocycles. The quantitative estimate of drug-likeness (QED) is 0.664. The van der Waals surface area contributed by atoms with Crippen molar-refractivity contribution in [2.75, 3.05) is 6.61 Å². The van der Waals surface area contributed by atoms with Crippen LogP contribution in [-0.2, 0) is 14.3 Å². The smallest absolute Gasteiger partial charge is 0.331 e. The van der Waals surface area contributed by atoms with Gasteiger partial charge in [0.1, 0.15) is 5.82 Å². The second kappa shape index (κ2) is 8.62. The van der Waals surface area contributed by atoms with Crippen molar-refractivity contribution in [1.29, 1.82) is 0 Å². The van der Waals surface area contributed by atoms with Gasteiger partial charge in [0.05, 0.1) is 0 Å². The largest absolute Gasteiger partial charge is 0.452 e. The van der Waals surface area contributed by atoms with Gasteiger partial charge in [0.2, 0.25) is 0 Å². The first-order valence-electron chi connectivity index (χ1n) is 8.36. The summed E-state index contributed by atoms with van der Waals surface area (Å²) in [6.45, 7) is 4.01. The molecule has 5 heteroatoms. The molecule has 0 aromatic heterocycles. The summed E-state index contributed by atoms with van der Waals surface area (Å²) in [5.74, 6) is -0.388. The molecular weight excluding hydrogens is 309 g/mol. The molecule has 1 amide bonds. The summed E-state index contributed by atoms with van der Waals surface area (Å²) >= 11 is 0. The first kappa shape index (κ1) is 18.2. The van der Waals surface area contributed by atoms with E-state index in [9.17, 15) is 14.0 Å². The van der Waals surface area contributed by atoms with E-state index in [0.717, 1.165) is 18.9 Å². The molecule has 1 aliphatic rings. The van der Waals surface area contributed by atoms with E-state index < -0.39 is 11.8 Å². The van der Waals surface area contributed by atoms with Crippen LogP contribution in [0.25, 0.3) is 6.08 Å². The number of esters is 1. The van der Waals surface area contributed by atoms with Crippen LogP contribution in [-0.4, -0.2) is 24.5 Å². The average molecular weight is 333 g/mol. The maximum Gasteiger partial charge on any atom is 0.331 e. The highest BCUT2D eigenvalue weighted by atomic mass is 19.1. The minimum Gasteiger partial charge on any atom is -0.452 e. The topological polar surface area (TPSA) is 55.4 Å². The molecule has 24 heavy (non-hydrogen) atoms. The van der Waals surface area contributed by atoms with Crippen molar-refractivity contribution in [2.24, 2.45) is 11.8 Å². The lowest BCUT2D eigenvalue weighted by Crippen LogP contribution is -2.45. The second-order valence-electron chi connectivity index (χ2n) is 6.40. The molecule has 4 nitrogen and oxygen atoms in total. The number of benzene rings is 1. The number of hydrogen-bond donors (Lipinski definition) is 1. The van der Waals surface area contributed by atoms with Crippen LogP contribution in [0.2, 0.25) is 0 Å². The minimum atomic E-state index is -0.668. The molecule has 1 saturated carbocycles. The van der Waals surface area contributed by atoms with Gasteiger partial charge in [0.25, 0.3) is 5.91 Å². The molecule has 0 bridgehead atoms. The summed E-state index contributed by atoms with van der Waals surface area (Å²) in [6, 6.07) is 6.24. The SMILES string of the molecule is C[C@@H]1[C@H](C)CCC[C@@H]1NC(=O)COC(=O)/C=C/c1ccccc1F. The standard InChI is InChI=1S/C19H24FNO3/c1-13-6-5-9-17(14(13)2)21-18(22)12-24-19(23)11-10-15-7-3-4-8-16(15)20/h3-4,7-8,10-11,13-14,17H,5-6,9,12H2,1-2H3,(H,21,22)/b11-10+/t13-,14-,17+/m1/s1. The van der Waals surface area contributed by atoms with Crippen LogP contribution in [0.4, 0.5) is 4.39 Å². The molecule has 130 valence electrons. The maximum atomic E-state index is 13.4. The van der Waals surface area contributed by atoms with E-state index in [2.05, 4.69) is 19.2 Å². The van der Waals surface area contributed by atoms with Gasteiger partial charge < -0.3 is 10.1 Å². The van der Waals surface area contributed by atoms with Crippen molar-refractivity contribution in [3.8, 4) is 0 Å². The number of nitrogens with one attached hydrogen (secondary N) is 1. The zero-order chi connectivity index (χ0) is 17.5. The molecule has 0 radical (unpaired) electrons. The van der Waals surface area contributed by atoms with Gasteiger partial charge in [-0.3, -0.25) is 4.79 Å². The third-order valence-corrected chi connectivity index (χ3v) is 4.70. The molecule has 0 saturated heterocycles. The molecule has 0 aliphatic heterocycles. The van der Waals surface area contributed by atoms with E-state index >= 15 is 0 Å². The van der Waals surface area contributed by atoms with Crippen LogP contribution < -0.4 is 5.32 Å². The van der Waals surface area contributed by atoms with E-state index in [4.69, 9.17) is 4.74 Å². The molecule has 2 rings (SSSR count). The Labute approximate surface area is 142 Å². The first-order valence-corrected chi connectivity index (χ1v) is 8.36. The lowest BCUT2D eigenvalue weighted by Gasteiger charge is -2.34. The highest BCUT2D eigenvalue weighted by molar-refractivity contribution is 5.89.